The normalized spacial score (nSPS) is 15.7. The number of thioether (sulfide) groups is 2. The highest BCUT2D eigenvalue weighted by Crippen LogP contribution is 2.38. The number of carbonyl (C=O) groups excluding carboxylic acids is 1. The van der Waals surface area contributed by atoms with Gasteiger partial charge in [0.05, 0.1) is 11.4 Å². The summed E-state index contributed by atoms with van der Waals surface area (Å²) in [7, 11) is 0. The average molecular weight is 474 g/mol. The van der Waals surface area contributed by atoms with Crippen LogP contribution in [0.1, 0.15) is 13.3 Å². The summed E-state index contributed by atoms with van der Waals surface area (Å²) in [5, 5.41) is 10.1. The fourth-order valence-electron chi connectivity index (χ4n) is 3.81. The molecule has 5 rings (SSSR count). The highest BCUT2D eigenvalue weighted by molar-refractivity contribution is 8.00. The lowest BCUT2D eigenvalue weighted by Gasteiger charge is -2.22. The molecule has 0 bridgehead atoms. The highest BCUT2D eigenvalue weighted by atomic mass is 32.2. The van der Waals surface area contributed by atoms with Crippen molar-refractivity contribution in [3.63, 3.8) is 0 Å². The van der Waals surface area contributed by atoms with E-state index in [0.29, 0.717) is 10.4 Å². The Hall–Kier alpha value is -3.10. The summed E-state index contributed by atoms with van der Waals surface area (Å²) in [4.78, 5) is 20.5. The molecule has 6 nitrogen and oxygen atoms in total. The molecule has 1 aliphatic heterocycles. The Labute approximate surface area is 201 Å². The van der Waals surface area contributed by atoms with E-state index in [0.717, 1.165) is 40.6 Å². The second kappa shape index (κ2) is 9.80. The molecule has 8 heteroatoms. The molecule has 1 aliphatic rings. The molecule has 4 aromatic rings. The molecule has 0 N–H and O–H groups in total. The standard InChI is InChI=1S/C25H23N5OS2/c1-18-13-16-29(21-9-5-6-10-22(21)33-18)23(31)17-32-25-28-27-24(19-11-14-26-15-12-19)30(25)20-7-3-2-4-8-20/h2-12,14-15,18H,13,16-17H2,1H3. The average Bonchev–Trinajstić information content (AvgIpc) is 3.20. The summed E-state index contributed by atoms with van der Waals surface area (Å²) in [6.07, 6.45) is 4.44. The molecule has 0 fully saturated rings. The molecule has 0 aliphatic carbocycles. The van der Waals surface area contributed by atoms with Crippen molar-refractivity contribution in [2.24, 2.45) is 0 Å². The zero-order valence-corrected chi connectivity index (χ0v) is 19.8. The molecule has 1 atom stereocenters. The van der Waals surface area contributed by atoms with Gasteiger partial charge in [0.2, 0.25) is 5.91 Å². The van der Waals surface area contributed by atoms with Gasteiger partial charge in [-0.2, -0.15) is 0 Å². The number of nitrogens with zero attached hydrogens (tertiary/aromatic N) is 5. The van der Waals surface area contributed by atoms with Crippen molar-refractivity contribution in [2.45, 2.75) is 28.6 Å². The lowest BCUT2D eigenvalue weighted by atomic mass is 10.2. The molecule has 2 aromatic heterocycles. The van der Waals surface area contributed by atoms with Crippen LogP contribution in [-0.2, 0) is 4.79 Å². The van der Waals surface area contributed by atoms with E-state index in [4.69, 9.17) is 0 Å². The monoisotopic (exact) mass is 473 g/mol. The lowest BCUT2D eigenvalue weighted by molar-refractivity contribution is -0.116. The van der Waals surface area contributed by atoms with Crippen molar-refractivity contribution in [1.82, 2.24) is 19.7 Å². The van der Waals surface area contributed by atoms with E-state index in [-0.39, 0.29) is 11.7 Å². The number of carbonyl (C=O) groups is 1. The SMILES string of the molecule is CC1CCN(C(=O)CSc2nnc(-c3ccncc3)n2-c2ccccc2)c2ccccc2S1. The molecular formula is C25H23N5OS2. The highest BCUT2D eigenvalue weighted by Gasteiger charge is 2.25. The first-order valence-electron chi connectivity index (χ1n) is 10.8. The van der Waals surface area contributed by atoms with Gasteiger partial charge in [-0.15, -0.1) is 22.0 Å². The van der Waals surface area contributed by atoms with Crippen LogP contribution in [0.5, 0.6) is 0 Å². The molecule has 3 heterocycles. The summed E-state index contributed by atoms with van der Waals surface area (Å²) in [6, 6.07) is 22.0. The van der Waals surface area contributed by atoms with E-state index in [1.54, 1.807) is 12.4 Å². The first-order chi connectivity index (χ1) is 16.2. The van der Waals surface area contributed by atoms with Gasteiger partial charge in [-0.1, -0.05) is 49.0 Å². The quantitative estimate of drug-likeness (QED) is 0.365. The third-order valence-electron chi connectivity index (χ3n) is 5.46. The maximum Gasteiger partial charge on any atom is 0.237 e. The summed E-state index contributed by atoms with van der Waals surface area (Å²) in [5.74, 6) is 1.09. The Balaban J connectivity index is 1.43. The van der Waals surface area contributed by atoms with Crippen LogP contribution < -0.4 is 4.90 Å². The number of hydrogen-bond donors (Lipinski definition) is 0. The van der Waals surface area contributed by atoms with E-state index < -0.39 is 0 Å². The van der Waals surface area contributed by atoms with Gasteiger partial charge in [-0.25, -0.2) is 0 Å². The topological polar surface area (TPSA) is 63.9 Å². The van der Waals surface area contributed by atoms with Gasteiger partial charge in [0, 0.05) is 40.3 Å². The molecule has 0 radical (unpaired) electrons. The molecule has 0 spiro atoms. The van der Waals surface area contributed by atoms with Crippen molar-refractivity contribution in [2.75, 3.05) is 17.2 Å². The molecule has 33 heavy (non-hydrogen) atoms. The number of hydrogen-bond acceptors (Lipinski definition) is 6. The van der Waals surface area contributed by atoms with Crippen molar-refractivity contribution in [3.8, 4) is 17.1 Å². The Morgan fingerprint density at radius 2 is 1.79 bits per heavy atom. The van der Waals surface area contributed by atoms with Gasteiger partial charge < -0.3 is 4.90 Å². The molecule has 1 amide bonds. The maximum absolute atomic E-state index is 13.3. The zero-order valence-electron chi connectivity index (χ0n) is 18.2. The molecule has 1 unspecified atom stereocenters. The van der Waals surface area contributed by atoms with Crippen molar-refractivity contribution < 1.29 is 4.79 Å². The number of fused-ring (bicyclic) bond motifs is 1. The minimum Gasteiger partial charge on any atom is -0.311 e. The lowest BCUT2D eigenvalue weighted by Crippen LogP contribution is -2.33. The van der Waals surface area contributed by atoms with Gasteiger partial charge in [0.25, 0.3) is 0 Å². The minimum absolute atomic E-state index is 0.0789. The molecule has 2 aromatic carbocycles. The molecule has 0 saturated carbocycles. The third kappa shape index (κ3) is 4.67. The van der Waals surface area contributed by atoms with E-state index in [1.807, 2.05) is 81.9 Å². The van der Waals surface area contributed by atoms with Crippen molar-refractivity contribution in [1.29, 1.82) is 0 Å². The summed E-state index contributed by atoms with van der Waals surface area (Å²) in [6.45, 7) is 2.94. The molecule has 0 saturated heterocycles. The Morgan fingerprint density at radius 1 is 1.03 bits per heavy atom. The first kappa shape index (κ1) is 21.7. The van der Waals surface area contributed by atoms with E-state index in [9.17, 15) is 4.79 Å². The number of para-hydroxylation sites is 2. The van der Waals surface area contributed by atoms with Crippen LogP contribution in [0.25, 0.3) is 17.1 Å². The molecular weight excluding hydrogens is 450 g/mol. The second-order valence-electron chi connectivity index (χ2n) is 7.73. The fourth-order valence-corrected chi connectivity index (χ4v) is 5.75. The number of amides is 1. The van der Waals surface area contributed by atoms with Gasteiger partial charge >= 0.3 is 0 Å². The Bertz CT molecular complexity index is 1250. The number of rotatable bonds is 5. The zero-order chi connectivity index (χ0) is 22.6. The van der Waals surface area contributed by atoms with Crippen LogP contribution in [0.3, 0.4) is 0 Å². The number of pyridine rings is 1. The van der Waals surface area contributed by atoms with Crippen molar-refractivity contribution >= 4 is 35.1 Å². The first-order valence-corrected chi connectivity index (χ1v) is 12.7. The van der Waals surface area contributed by atoms with Crippen LogP contribution in [0.15, 0.2) is 89.2 Å². The summed E-state index contributed by atoms with van der Waals surface area (Å²) in [5.41, 5.74) is 2.88. The van der Waals surface area contributed by atoms with E-state index >= 15 is 0 Å². The van der Waals surface area contributed by atoms with E-state index in [2.05, 4.69) is 28.2 Å². The number of benzene rings is 2. The smallest absolute Gasteiger partial charge is 0.237 e. The predicted molar refractivity (Wildman–Crippen MR) is 134 cm³/mol. The minimum atomic E-state index is 0.0789. The Kier molecular flexibility index (Phi) is 6.46. The predicted octanol–water partition coefficient (Wildman–Crippen LogP) is 5.34. The van der Waals surface area contributed by atoms with Gasteiger partial charge in [-0.3, -0.25) is 14.3 Å². The Morgan fingerprint density at radius 3 is 2.61 bits per heavy atom. The fraction of sp³-hybridized carbons (Fsp3) is 0.200. The van der Waals surface area contributed by atoms with Crippen LogP contribution in [0, 0.1) is 0 Å². The van der Waals surface area contributed by atoms with Crippen LogP contribution in [0.2, 0.25) is 0 Å². The van der Waals surface area contributed by atoms with Gasteiger partial charge in [-0.05, 0) is 42.8 Å². The third-order valence-corrected chi connectivity index (χ3v) is 7.61. The van der Waals surface area contributed by atoms with Crippen molar-refractivity contribution in [3.05, 3.63) is 79.1 Å². The van der Waals surface area contributed by atoms with Crippen LogP contribution >= 0.6 is 23.5 Å². The summed E-state index contributed by atoms with van der Waals surface area (Å²) >= 11 is 3.25. The largest absolute Gasteiger partial charge is 0.311 e. The molecule has 166 valence electrons. The van der Waals surface area contributed by atoms with E-state index in [1.165, 1.54) is 11.8 Å². The van der Waals surface area contributed by atoms with Crippen LogP contribution in [-0.4, -0.2) is 43.2 Å². The van der Waals surface area contributed by atoms with Crippen LogP contribution in [0.4, 0.5) is 5.69 Å². The van der Waals surface area contributed by atoms with Gasteiger partial charge in [0.1, 0.15) is 0 Å². The number of aromatic nitrogens is 4. The number of anilines is 1. The van der Waals surface area contributed by atoms with Gasteiger partial charge in [0.15, 0.2) is 11.0 Å². The maximum atomic E-state index is 13.3. The summed E-state index contributed by atoms with van der Waals surface area (Å²) < 4.78 is 2.00. The second-order valence-corrected chi connectivity index (χ2v) is 10.2.